The molecule has 110 valence electrons. The lowest BCUT2D eigenvalue weighted by Crippen LogP contribution is -2.37. The average molecular weight is 278 g/mol. The Labute approximate surface area is 119 Å². The van der Waals surface area contributed by atoms with Crippen LogP contribution in [0.5, 0.6) is 0 Å². The number of benzene rings is 1. The normalized spacial score (nSPS) is 10.8. The van der Waals surface area contributed by atoms with Crippen molar-refractivity contribution in [3.05, 3.63) is 29.8 Å². The third-order valence-electron chi connectivity index (χ3n) is 2.50. The molecule has 0 atom stereocenters. The van der Waals surface area contributed by atoms with Crippen molar-refractivity contribution in [2.24, 2.45) is 0 Å². The second kappa shape index (κ2) is 6.41. The third kappa shape index (κ3) is 4.57. The first-order valence-electron chi connectivity index (χ1n) is 6.59. The number of rotatable bonds is 3. The number of anilines is 1. The van der Waals surface area contributed by atoms with Crippen LogP contribution in [0, 0.1) is 0 Å². The summed E-state index contributed by atoms with van der Waals surface area (Å²) in [5, 5.41) is 2.70. The number of ether oxygens (including phenoxy) is 1. The van der Waals surface area contributed by atoms with Gasteiger partial charge in [0.25, 0.3) is 0 Å². The number of carbonyl (C=O) groups excluding carboxylic acids is 2. The van der Waals surface area contributed by atoms with Gasteiger partial charge in [-0.25, -0.2) is 9.59 Å². The van der Waals surface area contributed by atoms with Gasteiger partial charge < -0.3 is 10.1 Å². The van der Waals surface area contributed by atoms with Gasteiger partial charge in [-0.05, 0) is 45.9 Å². The van der Waals surface area contributed by atoms with E-state index in [0.717, 1.165) is 0 Å². The first kappa shape index (κ1) is 16.0. The highest BCUT2D eigenvalue weighted by molar-refractivity contribution is 5.95. The first-order chi connectivity index (χ1) is 9.24. The molecule has 1 N–H and O–H groups in total. The van der Waals surface area contributed by atoms with Crippen LogP contribution in [0.4, 0.5) is 10.5 Å². The quantitative estimate of drug-likeness (QED) is 0.865. The van der Waals surface area contributed by atoms with Crippen LogP contribution in [0.15, 0.2) is 24.3 Å². The van der Waals surface area contributed by atoms with E-state index < -0.39 is 11.6 Å². The van der Waals surface area contributed by atoms with Crippen LogP contribution < -0.4 is 10.2 Å². The minimum atomic E-state index is -0.543. The van der Waals surface area contributed by atoms with Gasteiger partial charge in [-0.1, -0.05) is 6.07 Å². The Hall–Kier alpha value is -2.04. The van der Waals surface area contributed by atoms with Gasteiger partial charge in [-0.3, -0.25) is 4.90 Å². The molecule has 20 heavy (non-hydrogen) atoms. The molecule has 2 amide bonds. The second-order valence-corrected chi connectivity index (χ2v) is 5.45. The number of amides is 2. The van der Waals surface area contributed by atoms with E-state index in [2.05, 4.69) is 5.32 Å². The Morgan fingerprint density at radius 3 is 2.50 bits per heavy atom. The van der Waals surface area contributed by atoms with Crippen molar-refractivity contribution in [3.8, 4) is 0 Å². The van der Waals surface area contributed by atoms with Gasteiger partial charge in [-0.15, -0.1) is 0 Å². The Kier molecular flexibility index (Phi) is 5.13. The molecule has 0 radical (unpaired) electrons. The summed E-state index contributed by atoms with van der Waals surface area (Å²) in [5.74, 6) is -0.399. The third-order valence-corrected chi connectivity index (χ3v) is 2.50. The maximum atomic E-state index is 12.0. The highest BCUT2D eigenvalue weighted by Gasteiger charge is 2.19. The van der Waals surface area contributed by atoms with E-state index in [9.17, 15) is 9.59 Å². The van der Waals surface area contributed by atoms with Crippen molar-refractivity contribution in [3.63, 3.8) is 0 Å². The van der Waals surface area contributed by atoms with Gasteiger partial charge in [0.05, 0.1) is 5.56 Å². The molecular weight excluding hydrogens is 256 g/mol. The largest absolute Gasteiger partial charge is 0.456 e. The van der Waals surface area contributed by atoms with Crippen LogP contribution in [0.1, 0.15) is 38.1 Å². The van der Waals surface area contributed by atoms with Gasteiger partial charge in [-0.2, -0.15) is 0 Å². The van der Waals surface area contributed by atoms with E-state index in [4.69, 9.17) is 4.74 Å². The molecule has 1 aromatic rings. The summed E-state index contributed by atoms with van der Waals surface area (Å²) in [6.07, 6.45) is 0. The van der Waals surface area contributed by atoms with Gasteiger partial charge in [0, 0.05) is 19.3 Å². The van der Waals surface area contributed by atoms with E-state index >= 15 is 0 Å². The highest BCUT2D eigenvalue weighted by Crippen LogP contribution is 2.18. The lowest BCUT2D eigenvalue weighted by molar-refractivity contribution is 0.00695. The number of esters is 1. The molecule has 0 spiro atoms. The fraction of sp³-hybridized carbons (Fsp3) is 0.467. The summed E-state index contributed by atoms with van der Waals surface area (Å²) in [6.45, 7) is 7.85. The zero-order chi connectivity index (χ0) is 15.3. The molecule has 0 unspecified atom stereocenters. The fourth-order valence-corrected chi connectivity index (χ4v) is 1.57. The molecule has 5 nitrogen and oxygen atoms in total. The van der Waals surface area contributed by atoms with Gasteiger partial charge in [0.2, 0.25) is 0 Å². The topological polar surface area (TPSA) is 58.6 Å². The van der Waals surface area contributed by atoms with E-state index in [0.29, 0.717) is 17.8 Å². The molecule has 1 rings (SSSR count). The maximum Gasteiger partial charge on any atom is 0.338 e. The number of urea groups is 1. The van der Waals surface area contributed by atoms with Crippen molar-refractivity contribution in [1.82, 2.24) is 5.32 Å². The number of carbonyl (C=O) groups is 2. The van der Waals surface area contributed by atoms with E-state index in [1.807, 2.05) is 27.7 Å². The summed E-state index contributed by atoms with van der Waals surface area (Å²) in [6, 6.07) is 6.59. The van der Waals surface area contributed by atoms with Crippen LogP contribution in [0.2, 0.25) is 0 Å². The molecule has 0 aliphatic rings. The fourth-order valence-electron chi connectivity index (χ4n) is 1.57. The number of nitrogens with zero attached hydrogens (tertiary/aromatic N) is 1. The molecule has 0 heterocycles. The van der Waals surface area contributed by atoms with Crippen LogP contribution in [-0.4, -0.2) is 31.2 Å². The molecule has 0 aliphatic carbocycles. The van der Waals surface area contributed by atoms with Gasteiger partial charge in [0.1, 0.15) is 5.60 Å². The molecule has 0 saturated carbocycles. The molecule has 1 aromatic carbocycles. The summed E-state index contributed by atoms with van der Waals surface area (Å²) in [5.41, 5.74) is 0.520. The van der Waals surface area contributed by atoms with Crippen molar-refractivity contribution in [2.45, 2.75) is 33.3 Å². The van der Waals surface area contributed by atoms with E-state index in [-0.39, 0.29) is 6.03 Å². The smallest absolute Gasteiger partial charge is 0.338 e. The minimum Gasteiger partial charge on any atom is -0.456 e. The summed E-state index contributed by atoms with van der Waals surface area (Å²) < 4.78 is 5.31. The summed E-state index contributed by atoms with van der Waals surface area (Å²) >= 11 is 0. The zero-order valence-corrected chi connectivity index (χ0v) is 12.7. The molecule has 5 heteroatoms. The van der Waals surface area contributed by atoms with Gasteiger partial charge in [0.15, 0.2) is 0 Å². The Bertz CT molecular complexity index is 492. The molecule has 0 aromatic heterocycles. The Morgan fingerprint density at radius 1 is 1.30 bits per heavy atom. The van der Waals surface area contributed by atoms with Crippen molar-refractivity contribution in [2.75, 3.05) is 18.5 Å². The number of hydrogen-bond donors (Lipinski definition) is 1. The van der Waals surface area contributed by atoms with Gasteiger partial charge >= 0.3 is 12.0 Å². The highest BCUT2D eigenvalue weighted by atomic mass is 16.6. The van der Waals surface area contributed by atoms with Crippen molar-refractivity contribution < 1.29 is 14.3 Å². The first-order valence-corrected chi connectivity index (χ1v) is 6.59. The molecule has 0 aliphatic heterocycles. The van der Waals surface area contributed by atoms with E-state index in [1.54, 1.807) is 31.3 Å². The molecular formula is C15H22N2O3. The van der Waals surface area contributed by atoms with E-state index in [1.165, 1.54) is 4.90 Å². The standard InChI is InChI=1S/C15H22N2O3/c1-6-16-14(19)17(5)12-9-7-8-11(10-12)13(18)20-15(2,3)4/h7-10H,6H2,1-5H3,(H,16,19). The van der Waals surface area contributed by atoms with Crippen molar-refractivity contribution in [1.29, 1.82) is 0 Å². The van der Waals surface area contributed by atoms with Crippen LogP contribution in [-0.2, 0) is 4.74 Å². The van der Waals surface area contributed by atoms with Crippen LogP contribution >= 0.6 is 0 Å². The summed E-state index contributed by atoms with van der Waals surface area (Å²) in [4.78, 5) is 25.2. The van der Waals surface area contributed by atoms with Crippen LogP contribution in [0.25, 0.3) is 0 Å². The number of hydrogen-bond acceptors (Lipinski definition) is 3. The Morgan fingerprint density at radius 2 is 1.95 bits per heavy atom. The summed E-state index contributed by atoms with van der Waals surface area (Å²) in [7, 11) is 1.65. The minimum absolute atomic E-state index is 0.214. The average Bonchev–Trinajstić information content (AvgIpc) is 2.36. The maximum absolute atomic E-state index is 12.0. The lowest BCUT2D eigenvalue weighted by Gasteiger charge is -2.21. The molecule has 0 bridgehead atoms. The monoisotopic (exact) mass is 278 g/mol. The predicted molar refractivity (Wildman–Crippen MR) is 79.1 cm³/mol. The van der Waals surface area contributed by atoms with Crippen molar-refractivity contribution >= 4 is 17.7 Å². The Balaban J connectivity index is 2.90. The molecule has 0 fully saturated rings. The second-order valence-electron chi connectivity index (χ2n) is 5.45. The SMILES string of the molecule is CCNC(=O)N(C)c1cccc(C(=O)OC(C)(C)C)c1. The predicted octanol–water partition coefficient (Wildman–Crippen LogP) is 2.81. The van der Waals surface area contributed by atoms with Crippen LogP contribution in [0.3, 0.4) is 0 Å². The number of nitrogens with one attached hydrogen (secondary N) is 1. The molecule has 0 saturated heterocycles. The zero-order valence-electron chi connectivity index (χ0n) is 12.7. The lowest BCUT2D eigenvalue weighted by atomic mass is 10.1.